The number of aromatic nitrogens is 2. The van der Waals surface area contributed by atoms with Crippen LogP contribution in [0, 0.1) is 6.92 Å². The lowest BCUT2D eigenvalue weighted by Gasteiger charge is -2.10. The van der Waals surface area contributed by atoms with Crippen molar-refractivity contribution in [3.05, 3.63) is 35.5 Å². The number of nitrogens with zero attached hydrogens (tertiary/aromatic N) is 2. The molecule has 4 nitrogen and oxygen atoms in total. The van der Waals surface area contributed by atoms with Crippen molar-refractivity contribution in [3.8, 4) is 11.4 Å². The van der Waals surface area contributed by atoms with Crippen molar-refractivity contribution in [2.75, 3.05) is 12.8 Å². The number of ether oxygens (including phenoxy) is 1. The number of rotatable bonds is 3. The zero-order valence-electron chi connectivity index (χ0n) is 10.4. The van der Waals surface area contributed by atoms with Gasteiger partial charge < -0.3 is 10.5 Å². The van der Waals surface area contributed by atoms with Gasteiger partial charge in [0.25, 0.3) is 0 Å². The van der Waals surface area contributed by atoms with E-state index in [-0.39, 0.29) is 0 Å². The molecule has 4 heteroatoms. The van der Waals surface area contributed by atoms with E-state index in [4.69, 9.17) is 10.5 Å². The van der Waals surface area contributed by atoms with Crippen molar-refractivity contribution >= 4 is 5.82 Å². The van der Waals surface area contributed by atoms with Gasteiger partial charge in [-0.2, -0.15) is 5.10 Å². The Morgan fingerprint density at radius 3 is 2.71 bits per heavy atom. The predicted molar refractivity (Wildman–Crippen MR) is 68.6 cm³/mol. The van der Waals surface area contributed by atoms with Crippen LogP contribution >= 0.6 is 0 Å². The SMILES string of the molecule is CCc1cc(N)n(-c2cc(C)ccc2OC)n1. The maximum Gasteiger partial charge on any atom is 0.144 e. The third-order valence-electron chi connectivity index (χ3n) is 2.71. The van der Waals surface area contributed by atoms with Crippen molar-refractivity contribution in [3.63, 3.8) is 0 Å². The molecule has 0 spiro atoms. The van der Waals surface area contributed by atoms with Crippen LogP contribution in [0.1, 0.15) is 18.2 Å². The molecule has 0 unspecified atom stereocenters. The lowest BCUT2D eigenvalue weighted by atomic mass is 10.2. The number of aryl methyl sites for hydroxylation is 2. The van der Waals surface area contributed by atoms with Gasteiger partial charge in [0.2, 0.25) is 0 Å². The van der Waals surface area contributed by atoms with E-state index >= 15 is 0 Å². The zero-order chi connectivity index (χ0) is 12.4. The number of hydrogen-bond acceptors (Lipinski definition) is 3. The van der Waals surface area contributed by atoms with Crippen molar-refractivity contribution in [1.82, 2.24) is 9.78 Å². The molecule has 0 saturated carbocycles. The third kappa shape index (κ3) is 2.11. The molecule has 2 aromatic rings. The molecule has 0 aliphatic heterocycles. The second-order valence-electron chi connectivity index (χ2n) is 4.00. The van der Waals surface area contributed by atoms with Crippen LogP contribution < -0.4 is 10.5 Å². The molecule has 0 aliphatic carbocycles. The van der Waals surface area contributed by atoms with Crippen LogP contribution in [-0.2, 0) is 6.42 Å². The summed E-state index contributed by atoms with van der Waals surface area (Å²) >= 11 is 0. The minimum atomic E-state index is 0.630. The normalized spacial score (nSPS) is 10.5. The Morgan fingerprint density at radius 2 is 2.12 bits per heavy atom. The Labute approximate surface area is 101 Å². The van der Waals surface area contributed by atoms with Gasteiger partial charge in [-0.05, 0) is 31.0 Å². The zero-order valence-corrected chi connectivity index (χ0v) is 10.4. The summed E-state index contributed by atoms with van der Waals surface area (Å²) in [5, 5.41) is 4.46. The first-order valence-electron chi connectivity index (χ1n) is 5.65. The van der Waals surface area contributed by atoms with Gasteiger partial charge in [-0.15, -0.1) is 0 Å². The molecular formula is C13H17N3O. The maximum atomic E-state index is 5.97. The average molecular weight is 231 g/mol. The van der Waals surface area contributed by atoms with E-state index in [0.717, 1.165) is 29.1 Å². The van der Waals surface area contributed by atoms with Gasteiger partial charge in [0.15, 0.2) is 0 Å². The molecule has 17 heavy (non-hydrogen) atoms. The molecule has 0 saturated heterocycles. The van der Waals surface area contributed by atoms with Crippen molar-refractivity contribution in [1.29, 1.82) is 0 Å². The molecule has 0 amide bonds. The molecule has 2 rings (SSSR count). The number of nitrogens with two attached hydrogens (primary N) is 1. The summed E-state index contributed by atoms with van der Waals surface area (Å²) in [4.78, 5) is 0. The van der Waals surface area contributed by atoms with Gasteiger partial charge in [-0.3, -0.25) is 0 Å². The third-order valence-corrected chi connectivity index (χ3v) is 2.71. The molecule has 0 fully saturated rings. The summed E-state index contributed by atoms with van der Waals surface area (Å²) in [6.45, 7) is 4.09. The predicted octanol–water partition coefficient (Wildman–Crippen LogP) is 2.33. The summed E-state index contributed by atoms with van der Waals surface area (Å²) in [5.74, 6) is 1.40. The van der Waals surface area contributed by atoms with E-state index in [1.807, 2.05) is 31.2 Å². The van der Waals surface area contributed by atoms with Gasteiger partial charge in [-0.1, -0.05) is 13.0 Å². The first kappa shape index (κ1) is 11.5. The molecule has 2 N–H and O–H groups in total. The largest absolute Gasteiger partial charge is 0.494 e. The Balaban J connectivity index is 2.58. The van der Waals surface area contributed by atoms with Crippen molar-refractivity contribution in [2.45, 2.75) is 20.3 Å². The van der Waals surface area contributed by atoms with E-state index in [1.165, 1.54) is 0 Å². The Morgan fingerprint density at radius 1 is 1.35 bits per heavy atom. The van der Waals surface area contributed by atoms with Crippen molar-refractivity contribution < 1.29 is 4.74 Å². The summed E-state index contributed by atoms with van der Waals surface area (Å²) in [6, 6.07) is 7.84. The number of nitrogen functional groups attached to an aromatic ring is 1. The lowest BCUT2D eigenvalue weighted by molar-refractivity contribution is 0.411. The van der Waals surface area contributed by atoms with Gasteiger partial charge in [0.05, 0.1) is 12.8 Å². The Hall–Kier alpha value is -1.97. The van der Waals surface area contributed by atoms with E-state index in [0.29, 0.717) is 5.82 Å². The van der Waals surface area contributed by atoms with Crippen LogP contribution in [-0.4, -0.2) is 16.9 Å². The van der Waals surface area contributed by atoms with Crippen molar-refractivity contribution in [2.24, 2.45) is 0 Å². The minimum absolute atomic E-state index is 0.630. The highest BCUT2D eigenvalue weighted by Gasteiger charge is 2.10. The van der Waals surface area contributed by atoms with E-state index < -0.39 is 0 Å². The smallest absolute Gasteiger partial charge is 0.144 e. The molecule has 0 aliphatic rings. The lowest BCUT2D eigenvalue weighted by Crippen LogP contribution is -2.04. The first-order valence-corrected chi connectivity index (χ1v) is 5.65. The molecule has 1 aromatic carbocycles. The topological polar surface area (TPSA) is 53.1 Å². The van der Waals surface area contributed by atoms with E-state index in [1.54, 1.807) is 11.8 Å². The van der Waals surface area contributed by atoms with Gasteiger partial charge in [0, 0.05) is 6.07 Å². The quantitative estimate of drug-likeness (QED) is 0.882. The number of benzene rings is 1. The molecule has 1 heterocycles. The molecule has 0 radical (unpaired) electrons. The fourth-order valence-corrected chi connectivity index (χ4v) is 1.78. The number of hydrogen-bond donors (Lipinski definition) is 1. The van der Waals surface area contributed by atoms with Crippen LogP contribution in [0.3, 0.4) is 0 Å². The highest BCUT2D eigenvalue weighted by Crippen LogP contribution is 2.26. The fourth-order valence-electron chi connectivity index (χ4n) is 1.78. The number of methoxy groups -OCH3 is 1. The van der Waals surface area contributed by atoms with E-state index in [9.17, 15) is 0 Å². The summed E-state index contributed by atoms with van der Waals surface area (Å²) < 4.78 is 7.06. The van der Waals surface area contributed by atoms with Gasteiger partial charge in [-0.25, -0.2) is 4.68 Å². The second-order valence-corrected chi connectivity index (χ2v) is 4.00. The van der Waals surface area contributed by atoms with Gasteiger partial charge in [0.1, 0.15) is 17.3 Å². The fraction of sp³-hybridized carbons (Fsp3) is 0.308. The van der Waals surface area contributed by atoms with Gasteiger partial charge >= 0.3 is 0 Å². The van der Waals surface area contributed by atoms with Crippen LogP contribution in [0.4, 0.5) is 5.82 Å². The first-order chi connectivity index (χ1) is 8.15. The average Bonchev–Trinajstić information content (AvgIpc) is 2.70. The highest BCUT2D eigenvalue weighted by molar-refractivity contribution is 5.53. The van der Waals surface area contributed by atoms with Crippen LogP contribution in [0.5, 0.6) is 5.75 Å². The Kier molecular flexibility index (Phi) is 3.04. The monoisotopic (exact) mass is 231 g/mol. The molecule has 1 aromatic heterocycles. The second kappa shape index (κ2) is 4.49. The highest BCUT2D eigenvalue weighted by atomic mass is 16.5. The molecular weight excluding hydrogens is 214 g/mol. The van der Waals surface area contributed by atoms with Crippen LogP contribution in [0.25, 0.3) is 5.69 Å². The summed E-state index contributed by atoms with van der Waals surface area (Å²) in [7, 11) is 1.65. The van der Waals surface area contributed by atoms with Crippen LogP contribution in [0.15, 0.2) is 24.3 Å². The number of anilines is 1. The Bertz CT molecular complexity index is 531. The molecule has 90 valence electrons. The molecule has 0 bridgehead atoms. The molecule has 0 atom stereocenters. The minimum Gasteiger partial charge on any atom is -0.494 e. The van der Waals surface area contributed by atoms with E-state index in [2.05, 4.69) is 12.0 Å². The van der Waals surface area contributed by atoms with Crippen LogP contribution in [0.2, 0.25) is 0 Å². The maximum absolute atomic E-state index is 5.97. The standard InChI is InChI=1S/C13H17N3O/c1-4-10-8-13(14)16(15-10)11-7-9(2)5-6-12(11)17-3/h5-8H,4,14H2,1-3H3. The summed E-state index contributed by atoms with van der Waals surface area (Å²) in [5.41, 5.74) is 8.97. The summed E-state index contributed by atoms with van der Waals surface area (Å²) in [6.07, 6.45) is 0.866.